The Hall–Kier alpha value is -0.440. The van der Waals surface area contributed by atoms with Gasteiger partial charge in [-0.15, -0.1) is 11.8 Å². The van der Waals surface area contributed by atoms with Crippen molar-refractivity contribution in [2.45, 2.75) is 77.6 Å². The van der Waals surface area contributed by atoms with Crippen LogP contribution in [-0.2, 0) is 0 Å². The van der Waals surface area contributed by atoms with Gasteiger partial charge in [0.05, 0.1) is 0 Å². The second kappa shape index (κ2) is 8.84. The molecule has 0 N–H and O–H groups in total. The second-order valence-electron chi connectivity index (χ2n) is 4.85. The standard InChI is InChI=1S/C15H26/c1-2-12-15-13-10-8-6-4-3-5-7-9-11-14-15/h15H,3-11,13-14H2,1H3. The van der Waals surface area contributed by atoms with Crippen LogP contribution in [0.5, 0.6) is 0 Å². The average Bonchev–Trinajstić information content (AvgIpc) is 2.22. The van der Waals surface area contributed by atoms with Gasteiger partial charge in [0, 0.05) is 5.92 Å². The van der Waals surface area contributed by atoms with Crippen LogP contribution in [0.25, 0.3) is 0 Å². The first-order chi connectivity index (χ1) is 7.43. The molecule has 0 aromatic heterocycles. The summed E-state index contributed by atoms with van der Waals surface area (Å²) in [6.45, 7) is 1.98. The maximum atomic E-state index is 3.39. The number of hydrogen-bond donors (Lipinski definition) is 0. The highest BCUT2D eigenvalue weighted by Gasteiger charge is 2.05. The normalized spacial score (nSPS) is 21.9. The Bertz CT molecular complexity index is 182. The van der Waals surface area contributed by atoms with Gasteiger partial charge in [-0.2, -0.15) is 0 Å². The smallest absolute Gasteiger partial charge is 0.0202 e. The fraction of sp³-hybridized carbons (Fsp3) is 0.867. The fourth-order valence-electron chi connectivity index (χ4n) is 2.51. The zero-order valence-corrected chi connectivity index (χ0v) is 10.4. The Labute approximate surface area is 95.8 Å². The molecule has 0 unspecified atom stereocenters. The Kier molecular flexibility index (Phi) is 7.44. The Morgan fingerprint density at radius 3 is 1.47 bits per heavy atom. The van der Waals surface area contributed by atoms with Gasteiger partial charge in [0.25, 0.3) is 0 Å². The van der Waals surface area contributed by atoms with Gasteiger partial charge in [-0.1, -0.05) is 57.8 Å². The van der Waals surface area contributed by atoms with E-state index in [-0.39, 0.29) is 0 Å². The highest BCUT2D eigenvalue weighted by atomic mass is 14.1. The topological polar surface area (TPSA) is 0 Å². The van der Waals surface area contributed by atoms with Gasteiger partial charge in [0.1, 0.15) is 0 Å². The minimum atomic E-state index is 0.703. The molecule has 1 fully saturated rings. The van der Waals surface area contributed by atoms with Crippen LogP contribution < -0.4 is 0 Å². The quantitative estimate of drug-likeness (QED) is 0.493. The van der Waals surface area contributed by atoms with E-state index in [9.17, 15) is 0 Å². The molecule has 1 rings (SSSR count). The van der Waals surface area contributed by atoms with Crippen molar-refractivity contribution >= 4 is 0 Å². The van der Waals surface area contributed by atoms with Crippen molar-refractivity contribution in [3.63, 3.8) is 0 Å². The third kappa shape index (κ3) is 6.61. The highest BCUT2D eigenvalue weighted by molar-refractivity contribution is 5.00. The maximum Gasteiger partial charge on any atom is 0.0202 e. The minimum Gasteiger partial charge on any atom is -0.106 e. The third-order valence-corrected chi connectivity index (χ3v) is 3.45. The summed E-state index contributed by atoms with van der Waals surface area (Å²) in [5.74, 6) is 7.19. The molecular formula is C15H26. The van der Waals surface area contributed by atoms with Crippen LogP contribution in [-0.4, -0.2) is 0 Å². The Balaban J connectivity index is 2.27. The van der Waals surface area contributed by atoms with Crippen molar-refractivity contribution in [1.82, 2.24) is 0 Å². The Morgan fingerprint density at radius 2 is 1.07 bits per heavy atom. The third-order valence-electron chi connectivity index (χ3n) is 3.45. The van der Waals surface area contributed by atoms with Gasteiger partial charge in [-0.05, 0) is 19.8 Å². The van der Waals surface area contributed by atoms with Crippen LogP contribution in [0.3, 0.4) is 0 Å². The summed E-state index contributed by atoms with van der Waals surface area (Å²) in [7, 11) is 0. The average molecular weight is 206 g/mol. The highest BCUT2D eigenvalue weighted by Crippen LogP contribution is 2.20. The molecule has 1 aliphatic rings. The second-order valence-corrected chi connectivity index (χ2v) is 4.85. The van der Waals surface area contributed by atoms with E-state index in [1.165, 1.54) is 70.6 Å². The molecule has 1 aliphatic carbocycles. The van der Waals surface area contributed by atoms with E-state index in [4.69, 9.17) is 0 Å². The first kappa shape index (κ1) is 12.6. The monoisotopic (exact) mass is 206 g/mol. The van der Waals surface area contributed by atoms with Crippen molar-refractivity contribution < 1.29 is 0 Å². The SMILES string of the molecule is CC#CC1CCCCCCCCCCC1. The minimum absolute atomic E-state index is 0.703. The predicted molar refractivity (Wildman–Crippen MR) is 67.7 cm³/mol. The maximum absolute atomic E-state index is 3.39. The van der Waals surface area contributed by atoms with Crippen molar-refractivity contribution in [3.8, 4) is 11.8 Å². The summed E-state index contributed by atoms with van der Waals surface area (Å²) in [6.07, 6.45) is 15.7. The van der Waals surface area contributed by atoms with E-state index in [2.05, 4.69) is 11.8 Å². The molecule has 0 spiro atoms. The van der Waals surface area contributed by atoms with Crippen molar-refractivity contribution in [2.75, 3.05) is 0 Å². The van der Waals surface area contributed by atoms with Crippen molar-refractivity contribution in [3.05, 3.63) is 0 Å². The van der Waals surface area contributed by atoms with Crippen LogP contribution >= 0.6 is 0 Å². The van der Waals surface area contributed by atoms with E-state index in [1.807, 2.05) is 6.92 Å². The molecule has 0 atom stereocenters. The molecule has 0 saturated heterocycles. The van der Waals surface area contributed by atoms with Gasteiger partial charge >= 0.3 is 0 Å². The van der Waals surface area contributed by atoms with Gasteiger partial charge in [-0.3, -0.25) is 0 Å². The summed E-state index contributed by atoms with van der Waals surface area (Å²) >= 11 is 0. The lowest BCUT2D eigenvalue weighted by Crippen LogP contribution is -1.98. The van der Waals surface area contributed by atoms with Gasteiger partial charge < -0.3 is 0 Å². The predicted octanol–water partition coefficient (Wildman–Crippen LogP) is 4.93. The largest absolute Gasteiger partial charge is 0.106 e. The van der Waals surface area contributed by atoms with E-state index < -0.39 is 0 Å². The summed E-state index contributed by atoms with van der Waals surface area (Å²) in [4.78, 5) is 0. The van der Waals surface area contributed by atoms with Crippen LogP contribution in [0.2, 0.25) is 0 Å². The van der Waals surface area contributed by atoms with E-state index in [0.717, 1.165) is 0 Å². The summed E-state index contributed by atoms with van der Waals surface area (Å²) in [5.41, 5.74) is 0. The lowest BCUT2D eigenvalue weighted by molar-refractivity contribution is 0.458. The molecule has 0 aromatic carbocycles. The van der Waals surface area contributed by atoms with E-state index in [0.29, 0.717) is 5.92 Å². The van der Waals surface area contributed by atoms with Crippen LogP contribution in [0.1, 0.15) is 77.6 Å². The molecule has 0 amide bonds. The van der Waals surface area contributed by atoms with Crippen LogP contribution in [0.4, 0.5) is 0 Å². The molecule has 0 radical (unpaired) electrons. The molecular weight excluding hydrogens is 180 g/mol. The molecule has 15 heavy (non-hydrogen) atoms. The van der Waals surface area contributed by atoms with E-state index in [1.54, 1.807) is 0 Å². The molecule has 0 nitrogen and oxygen atoms in total. The molecule has 0 aromatic rings. The molecule has 0 bridgehead atoms. The summed E-state index contributed by atoms with van der Waals surface area (Å²) in [5, 5.41) is 0. The van der Waals surface area contributed by atoms with Gasteiger partial charge in [-0.25, -0.2) is 0 Å². The molecule has 0 heterocycles. The first-order valence-electron chi connectivity index (χ1n) is 6.86. The molecule has 0 heteroatoms. The molecule has 86 valence electrons. The Morgan fingerprint density at radius 1 is 0.667 bits per heavy atom. The fourth-order valence-corrected chi connectivity index (χ4v) is 2.51. The zero-order chi connectivity index (χ0) is 10.8. The van der Waals surface area contributed by atoms with Crippen LogP contribution in [0.15, 0.2) is 0 Å². The molecule has 1 saturated carbocycles. The summed E-state index contributed by atoms with van der Waals surface area (Å²) < 4.78 is 0. The lowest BCUT2D eigenvalue weighted by atomic mass is 9.93. The number of rotatable bonds is 0. The lowest BCUT2D eigenvalue weighted by Gasteiger charge is -2.12. The van der Waals surface area contributed by atoms with Crippen molar-refractivity contribution in [1.29, 1.82) is 0 Å². The first-order valence-corrected chi connectivity index (χ1v) is 6.86. The van der Waals surface area contributed by atoms with Crippen LogP contribution in [0, 0.1) is 17.8 Å². The summed E-state index contributed by atoms with van der Waals surface area (Å²) in [6, 6.07) is 0. The molecule has 0 aliphatic heterocycles. The van der Waals surface area contributed by atoms with Gasteiger partial charge in [0.2, 0.25) is 0 Å². The van der Waals surface area contributed by atoms with Crippen molar-refractivity contribution in [2.24, 2.45) is 5.92 Å². The number of hydrogen-bond acceptors (Lipinski definition) is 0. The van der Waals surface area contributed by atoms with Gasteiger partial charge in [0.15, 0.2) is 0 Å². The van der Waals surface area contributed by atoms with E-state index >= 15 is 0 Å². The zero-order valence-electron chi connectivity index (χ0n) is 10.4.